The molecule has 3 saturated heterocycles. The van der Waals surface area contributed by atoms with Crippen LogP contribution in [0.5, 0.6) is 0 Å². The van der Waals surface area contributed by atoms with Gasteiger partial charge in [0.1, 0.15) is 0 Å². The number of ether oxygens (including phenoxy) is 1. The molecule has 3 rings (SSSR count). The van der Waals surface area contributed by atoms with Crippen LogP contribution in [0.15, 0.2) is 0 Å². The highest BCUT2D eigenvalue weighted by Crippen LogP contribution is 2.54. The summed E-state index contributed by atoms with van der Waals surface area (Å²) in [5, 5.41) is 0. The molecule has 4 unspecified atom stereocenters. The maximum Gasteiger partial charge on any atom is 0.0703 e. The molecule has 2 heteroatoms. The molecule has 4 atom stereocenters. The molecule has 3 aliphatic rings. The topological polar surface area (TPSA) is 12.5 Å². The van der Waals surface area contributed by atoms with Crippen molar-refractivity contribution in [2.45, 2.75) is 57.8 Å². The molecular weight excluding hydrogens is 186 g/mol. The molecule has 15 heavy (non-hydrogen) atoms. The van der Waals surface area contributed by atoms with Crippen LogP contribution in [0.2, 0.25) is 0 Å². The quantitative estimate of drug-likeness (QED) is 0.607. The lowest BCUT2D eigenvalue weighted by Gasteiger charge is -2.34. The van der Waals surface area contributed by atoms with Gasteiger partial charge in [0.25, 0.3) is 0 Å². The first-order chi connectivity index (χ1) is 6.90. The molecule has 0 aromatic rings. The van der Waals surface area contributed by atoms with Gasteiger partial charge in [-0.1, -0.05) is 0 Å². The van der Waals surface area contributed by atoms with Gasteiger partial charge in [0.05, 0.1) is 11.7 Å². The van der Waals surface area contributed by atoms with Crippen LogP contribution in [-0.4, -0.2) is 35.2 Å². The van der Waals surface area contributed by atoms with Gasteiger partial charge in [-0.15, -0.1) is 0 Å². The Kier molecular flexibility index (Phi) is 1.87. The SMILES string of the molecule is CC12CCC(O1)C1CN(C(C)(C)C)CC12. The van der Waals surface area contributed by atoms with Crippen molar-refractivity contribution in [3.8, 4) is 0 Å². The van der Waals surface area contributed by atoms with E-state index in [1.54, 1.807) is 0 Å². The van der Waals surface area contributed by atoms with Gasteiger partial charge in [0.2, 0.25) is 0 Å². The molecule has 3 fully saturated rings. The van der Waals surface area contributed by atoms with Crippen molar-refractivity contribution in [3.05, 3.63) is 0 Å². The minimum Gasteiger partial charge on any atom is -0.371 e. The molecule has 86 valence electrons. The molecule has 0 aromatic carbocycles. The second-order valence-corrected chi connectivity index (χ2v) is 6.85. The fourth-order valence-corrected chi connectivity index (χ4v) is 3.87. The molecule has 3 aliphatic heterocycles. The van der Waals surface area contributed by atoms with Crippen molar-refractivity contribution >= 4 is 0 Å². The first kappa shape index (κ1) is 10.1. The minimum atomic E-state index is 0.218. The van der Waals surface area contributed by atoms with E-state index >= 15 is 0 Å². The molecule has 0 saturated carbocycles. The molecule has 2 nitrogen and oxygen atoms in total. The maximum atomic E-state index is 6.16. The lowest BCUT2D eigenvalue weighted by Crippen LogP contribution is -2.42. The Morgan fingerprint density at radius 2 is 2.00 bits per heavy atom. The fourth-order valence-electron chi connectivity index (χ4n) is 3.87. The van der Waals surface area contributed by atoms with E-state index in [1.807, 2.05) is 0 Å². The van der Waals surface area contributed by atoms with Gasteiger partial charge in [-0.2, -0.15) is 0 Å². The Balaban J connectivity index is 1.82. The Morgan fingerprint density at radius 1 is 1.27 bits per heavy atom. The molecule has 0 amide bonds. The smallest absolute Gasteiger partial charge is 0.0703 e. The van der Waals surface area contributed by atoms with Crippen LogP contribution in [0, 0.1) is 11.8 Å². The third kappa shape index (κ3) is 1.31. The van der Waals surface area contributed by atoms with Crippen LogP contribution in [0.4, 0.5) is 0 Å². The summed E-state index contributed by atoms with van der Waals surface area (Å²) in [6.45, 7) is 11.8. The standard InChI is InChI=1S/C13H23NO/c1-12(2,3)14-7-9-10(8-14)13(4)6-5-11(9)15-13/h9-11H,5-8H2,1-4H3. The van der Waals surface area contributed by atoms with Gasteiger partial charge in [-0.25, -0.2) is 0 Å². The normalized spacial score (nSPS) is 50.0. The number of hydrogen-bond donors (Lipinski definition) is 0. The summed E-state index contributed by atoms with van der Waals surface area (Å²) in [7, 11) is 0. The van der Waals surface area contributed by atoms with Gasteiger partial charge in [-0.05, 0) is 40.5 Å². The van der Waals surface area contributed by atoms with E-state index in [9.17, 15) is 0 Å². The van der Waals surface area contributed by atoms with Crippen LogP contribution >= 0.6 is 0 Å². The van der Waals surface area contributed by atoms with Crippen LogP contribution < -0.4 is 0 Å². The number of nitrogens with zero attached hydrogens (tertiary/aromatic N) is 1. The monoisotopic (exact) mass is 209 g/mol. The van der Waals surface area contributed by atoms with Crippen molar-refractivity contribution in [2.75, 3.05) is 13.1 Å². The maximum absolute atomic E-state index is 6.16. The second kappa shape index (κ2) is 2.78. The molecule has 2 bridgehead atoms. The lowest BCUT2D eigenvalue weighted by atomic mass is 9.75. The van der Waals surface area contributed by atoms with Crippen LogP contribution in [-0.2, 0) is 4.74 Å². The van der Waals surface area contributed by atoms with Gasteiger partial charge in [0, 0.05) is 30.5 Å². The van der Waals surface area contributed by atoms with E-state index in [-0.39, 0.29) is 5.60 Å². The van der Waals surface area contributed by atoms with E-state index in [0.717, 1.165) is 11.8 Å². The van der Waals surface area contributed by atoms with E-state index < -0.39 is 0 Å². The van der Waals surface area contributed by atoms with Crippen molar-refractivity contribution in [1.29, 1.82) is 0 Å². The van der Waals surface area contributed by atoms with Crippen molar-refractivity contribution in [3.63, 3.8) is 0 Å². The summed E-state index contributed by atoms with van der Waals surface area (Å²) in [5.41, 5.74) is 0.551. The third-order valence-electron chi connectivity index (χ3n) is 4.92. The predicted octanol–water partition coefficient (Wildman–Crippen LogP) is 2.28. The van der Waals surface area contributed by atoms with Crippen molar-refractivity contribution < 1.29 is 4.74 Å². The van der Waals surface area contributed by atoms with Crippen molar-refractivity contribution in [1.82, 2.24) is 4.90 Å². The molecule has 0 radical (unpaired) electrons. The fraction of sp³-hybridized carbons (Fsp3) is 1.00. The Labute approximate surface area is 93.0 Å². The summed E-state index contributed by atoms with van der Waals surface area (Å²) in [6, 6.07) is 0. The lowest BCUT2D eigenvalue weighted by molar-refractivity contribution is -0.0102. The summed E-state index contributed by atoms with van der Waals surface area (Å²) < 4.78 is 6.16. The number of hydrogen-bond acceptors (Lipinski definition) is 2. The Morgan fingerprint density at radius 3 is 2.60 bits per heavy atom. The zero-order valence-electron chi connectivity index (χ0n) is 10.4. The molecule has 0 spiro atoms. The second-order valence-electron chi connectivity index (χ2n) is 6.85. The van der Waals surface area contributed by atoms with Crippen LogP contribution in [0.25, 0.3) is 0 Å². The Hall–Kier alpha value is -0.0800. The van der Waals surface area contributed by atoms with Gasteiger partial charge >= 0.3 is 0 Å². The molecular formula is C13H23NO. The highest BCUT2D eigenvalue weighted by Gasteiger charge is 2.60. The van der Waals surface area contributed by atoms with E-state index in [2.05, 4.69) is 32.6 Å². The molecule has 0 N–H and O–H groups in total. The largest absolute Gasteiger partial charge is 0.371 e. The van der Waals surface area contributed by atoms with E-state index in [0.29, 0.717) is 11.6 Å². The number of likely N-dealkylation sites (tertiary alicyclic amines) is 1. The van der Waals surface area contributed by atoms with Crippen molar-refractivity contribution in [2.24, 2.45) is 11.8 Å². The molecule has 0 aliphatic carbocycles. The third-order valence-corrected chi connectivity index (χ3v) is 4.92. The highest BCUT2D eigenvalue weighted by atomic mass is 16.5. The molecule has 3 heterocycles. The summed E-state index contributed by atoms with van der Waals surface area (Å²) >= 11 is 0. The zero-order valence-corrected chi connectivity index (χ0v) is 10.4. The highest BCUT2D eigenvalue weighted by molar-refractivity contribution is 5.10. The number of fused-ring (bicyclic) bond motifs is 5. The Bertz CT molecular complexity index is 283. The summed E-state index contributed by atoms with van der Waals surface area (Å²) in [5.74, 6) is 1.62. The molecule has 0 aromatic heterocycles. The van der Waals surface area contributed by atoms with Gasteiger partial charge in [-0.3, -0.25) is 4.90 Å². The zero-order chi connectivity index (χ0) is 10.8. The minimum absolute atomic E-state index is 0.218. The van der Waals surface area contributed by atoms with Crippen LogP contribution in [0.1, 0.15) is 40.5 Å². The average molecular weight is 209 g/mol. The predicted molar refractivity (Wildman–Crippen MR) is 60.8 cm³/mol. The van der Waals surface area contributed by atoms with Gasteiger partial charge < -0.3 is 4.74 Å². The summed E-state index contributed by atoms with van der Waals surface area (Å²) in [6.07, 6.45) is 3.17. The first-order valence-electron chi connectivity index (χ1n) is 6.33. The first-order valence-corrected chi connectivity index (χ1v) is 6.33. The average Bonchev–Trinajstić information content (AvgIpc) is 2.68. The summed E-state index contributed by atoms with van der Waals surface area (Å²) in [4.78, 5) is 2.65. The van der Waals surface area contributed by atoms with Crippen LogP contribution in [0.3, 0.4) is 0 Å². The number of rotatable bonds is 0. The van der Waals surface area contributed by atoms with E-state index in [1.165, 1.54) is 25.9 Å². The van der Waals surface area contributed by atoms with E-state index in [4.69, 9.17) is 4.74 Å². The van der Waals surface area contributed by atoms with Gasteiger partial charge in [0.15, 0.2) is 0 Å².